The molecule has 18 heavy (non-hydrogen) atoms. The molecule has 2 rings (SSSR count). The highest BCUT2D eigenvalue weighted by molar-refractivity contribution is 5.21. The number of hydrogen-bond acceptors (Lipinski definition) is 3. The summed E-state index contributed by atoms with van der Waals surface area (Å²) in [6, 6.07) is 6.14. The van der Waals surface area contributed by atoms with Gasteiger partial charge in [0, 0.05) is 13.1 Å². The van der Waals surface area contributed by atoms with Crippen LogP contribution in [0, 0.1) is 11.2 Å². The molecule has 1 aromatic rings. The van der Waals surface area contributed by atoms with Crippen LogP contribution in [-0.2, 0) is 0 Å². The quantitative estimate of drug-likeness (QED) is 0.869. The van der Waals surface area contributed by atoms with Gasteiger partial charge in [-0.1, -0.05) is 6.92 Å². The average molecular weight is 252 g/mol. The third-order valence-electron chi connectivity index (χ3n) is 3.62. The van der Waals surface area contributed by atoms with Gasteiger partial charge >= 0.3 is 0 Å². The monoisotopic (exact) mass is 252 g/mol. The summed E-state index contributed by atoms with van der Waals surface area (Å²) in [4.78, 5) is 2.37. The van der Waals surface area contributed by atoms with E-state index < -0.39 is 0 Å². The molecule has 100 valence electrons. The summed E-state index contributed by atoms with van der Waals surface area (Å²) in [5, 5.41) is 0. The van der Waals surface area contributed by atoms with Crippen LogP contribution in [0.3, 0.4) is 0 Å². The first-order chi connectivity index (χ1) is 8.61. The molecule has 0 aromatic heterocycles. The van der Waals surface area contributed by atoms with Gasteiger partial charge in [-0.25, -0.2) is 4.39 Å². The van der Waals surface area contributed by atoms with Crippen molar-refractivity contribution < 1.29 is 9.13 Å². The Bertz CT molecular complexity index is 382. The van der Waals surface area contributed by atoms with E-state index in [-0.39, 0.29) is 11.2 Å². The van der Waals surface area contributed by atoms with Crippen LogP contribution in [0.2, 0.25) is 0 Å². The molecule has 0 aliphatic carbocycles. The molecular formula is C14H21FN2O. The standard InChI is InChI=1S/C14H21FN2O/c1-14(10-16)6-7-17(11-14)8-9-18-13-4-2-12(15)3-5-13/h2-5H,6-11,16H2,1H3. The lowest BCUT2D eigenvalue weighted by Crippen LogP contribution is -2.33. The maximum absolute atomic E-state index is 12.7. The van der Waals surface area contributed by atoms with Gasteiger partial charge in [0.05, 0.1) is 0 Å². The van der Waals surface area contributed by atoms with Crippen LogP contribution >= 0.6 is 0 Å². The third-order valence-corrected chi connectivity index (χ3v) is 3.62. The Morgan fingerprint density at radius 3 is 2.72 bits per heavy atom. The molecule has 3 nitrogen and oxygen atoms in total. The van der Waals surface area contributed by atoms with Crippen molar-refractivity contribution in [1.82, 2.24) is 4.90 Å². The topological polar surface area (TPSA) is 38.5 Å². The van der Waals surface area contributed by atoms with Crippen molar-refractivity contribution in [3.63, 3.8) is 0 Å². The molecule has 1 saturated heterocycles. The summed E-state index contributed by atoms with van der Waals surface area (Å²) < 4.78 is 18.3. The first-order valence-corrected chi connectivity index (χ1v) is 6.42. The van der Waals surface area contributed by atoms with Gasteiger partial charge in [-0.15, -0.1) is 0 Å². The van der Waals surface area contributed by atoms with Gasteiger partial charge in [-0.2, -0.15) is 0 Å². The SMILES string of the molecule is CC1(CN)CCN(CCOc2ccc(F)cc2)C1. The van der Waals surface area contributed by atoms with Gasteiger partial charge in [0.2, 0.25) is 0 Å². The minimum absolute atomic E-state index is 0.236. The molecule has 1 atom stereocenters. The number of rotatable bonds is 5. The predicted molar refractivity (Wildman–Crippen MR) is 70.1 cm³/mol. The Kier molecular flexibility index (Phi) is 4.19. The van der Waals surface area contributed by atoms with Crippen LogP contribution in [0.4, 0.5) is 4.39 Å². The zero-order valence-corrected chi connectivity index (χ0v) is 10.9. The van der Waals surface area contributed by atoms with E-state index in [1.54, 1.807) is 12.1 Å². The molecule has 4 heteroatoms. The smallest absolute Gasteiger partial charge is 0.123 e. The zero-order chi connectivity index (χ0) is 13.0. The lowest BCUT2D eigenvalue weighted by atomic mass is 9.90. The van der Waals surface area contributed by atoms with E-state index in [1.807, 2.05) is 0 Å². The van der Waals surface area contributed by atoms with Gasteiger partial charge < -0.3 is 10.5 Å². The highest BCUT2D eigenvalue weighted by Crippen LogP contribution is 2.28. The second kappa shape index (κ2) is 5.67. The van der Waals surface area contributed by atoms with E-state index in [1.165, 1.54) is 12.1 Å². The number of ether oxygens (including phenoxy) is 1. The molecule has 1 fully saturated rings. The van der Waals surface area contributed by atoms with Gasteiger partial charge in [0.1, 0.15) is 18.2 Å². The van der Waals surface area contributed by atoms with E-state index in [0.29, 0.717) is 6.61 Å². The van der Waals surface area contributed by atoms with E-state index in [4.69, 9.17) is 10.5 Å². The largest absolute Gasteiger partial charge is 0.492 e. The minimum Gasteiger partial charge on any atom is -0.492 e. The highest BCUT2D eigenvalue weighted by Gasteiger charge is 2.31. The summed E-state index contributed by atoms with van der Waals surface area (Å²) in [6.45, 7) is 6.62. The molecule has 1 heterocycles. The fourth-order valence-electron chi connectivity index (χ4n) is 2.31. The van der Waals surface area contributed by atoms with E-state index >= 15 is 0 Å². The number of nitrogens with two attached hydrogens (primary N) is 1. The Hall–Kier alpha value is -1.13. The molecular weight excluding hydrogens is 231 g/mol. The average Bonchev–Trinajstić information content (AvgIpc) is 2.75. The predicted octanol–water partition coefficient (Wildman–Crippen LogP) is 1.88. The summed E-state index contributed by atoms with van der Waals surface area (Å²) in [5.74, 6) is 0.484. The molecule has 2 N–H and O–H groups in total. The van der Waals surface area contributed by atoms with Gasteiger partial charge in [0.15, 0.2) is 0 Å². The number of hydrogen-bond donors (Lipinski definition) is 1. The van der Waals surface area contributed by atoms with Crippen molar-refractivity contribution in [3.8, 4) is 5.75 Å². The van der Waals surface area contributed by atoms with Crippen molar-refractivity contribution in [2.24, 2.45) is 11.1 Å². The maximum Gasteiger partial charge on any atom is 0.123 e. The second-order valence-electron chi connectivity index (χ2n) is 5.34. The Balaban J connectivity index is 1.72. The first kappa shape index (κ1) is 13.3. The molecule has 0 bridgehead atoms. The van der Waals surface area contributed by atoms with Crippen LogP contribution in [0.1, 0.15) is 13.3 Å². The molecule has 1 aromatic carbocycles. The van der Waals surface area contributed by atoms with E-state index in [2.05, 4.69) is 11.8 Å². The fourth-order valence-corrected chi connectivity index (χ4v) is 2.31. The van der Waals surface area contributed by atoms with Crippen molar-refractivity contribution in [3.05, 3.63) is 30.1 Å². The highest BCUT2D eigenvalue weighted by atomic mass is 19.1. The summed E-state index contributed by atoms with van der Waals surface area (Å²) in [7, 11) is 0. The zero-order valence-electron chi connectivity index (χ0n) is 10.9. The van der Waals surface area contributed by atoms with Crippen molar-refractivity contribution in [1.29, 1.82) is 0 Å². The number of likely N-dealkylation sites (tertiary alicyclic amines) is 1. The lowest BCUT2D eigenvalue weighted by molar-refractivity contribution is 0.219. The number of nitrogens with zero attached hydrogens (tertiary/aromatic N) is 1. The molecule has 0 radical (unpaired) electrons. The summed E-state index contributed by atoms with van der Waals surface area (Å²) in [6.07, 6.45) is 1.15. The molecule has 0 saturated carbocycles. The number of benzene rings is 1. The molecule has 1 unspecified atom stereocenters. The van der Waals surface area contributed by atoms with E-state index in [9.17, 15) is 4.39 Å². The summed E-state index contributed by atoms with van der Waals surface area (Å²) in [5.41, 5.74) is 6.03. The van der Waals surface area contributed by atoms with Crippen LogP contribution in [0.15, 0.2) is 24.3 Å². The van der Waals surface area contributed by atoms with Crippen LogP contribution < -0.4 is 10.5 Å². The second-order valence-corrected chi connectivity index (χ2v) is 5.34. The number of halogens is 1. The minimum atomic E-state index is -0.236. The Morgan fingerprint density at radius 1 is 1.39 bits per heavy atom. The fraction of sp³-hybridized carbons (Fsp3) is 0.571. The van der Waals surface area contributed by atoms with Crippen LogP contribution in [0.25, 0.3) is 0 Å². The Morgan fingerprint density at radius 2 is 2.11 bits per heavy atom. The first-order valence-electron chi connectivity index (χ1n) is 6.42. The van der Waals surface area contributed by atoms with Crippen LogP contribution in [-0.4, -0.2) is 37.7 Å². The van der Waals surface area contributed by atoms with E-state index in [0.717, 1.165) is 38.3 Å². The third kappa shape index (κ3) is 3.43. The molecule has 1 aliphatic rings. The molecule has 0 spiro atoms. The van der Waals surface area contributed by atoms with Crippen molar-refractivity contribution in [2.75, 3.05) is 32.8 Å². The van der Waals surface area contributed by atoms with Gasteiger partial charge in [0.25, 0.3) is 0 Å². The molecule has 0 amide bonds. The normalized spacial score (nSPS) is 24.4. The van der Waals surface area contributed by atoms with Crippen LogP contribution in [0.5, 0.6) is 5.75 Å². The lowest BCUT2D eigenvalue weighted by Gasteiger charge is -2.22. The molecule has 1 aliphatic heterocycles. The Labute approximate surface area is 108 Å². The summed E-state index contributed by atoms with van der Waals surface area (Å²) >= 11 is 0. The maximum atomic E-state index is 12.7. The van der Waals surface area contributed by atoms with Crippen molar-refractivity contribution >= 4 is 0 Å². The van der Waals surface area contributed by atoms with Gasteiger partial charge in [-0.3, -0.25) is 4.90 Å². The van der Waals surface area contributed by atoms with Crippen molar-refractivity contribution in [2.45, 2.75) is 13.3 Å². The van der Waals surface area contributed by atoms with Gasteiger partial charge in [-0.05, 0) is 49.2 Å².